The smallest absolute Gasteiger partial charge is 0.413 e. The van der Waals surface area contributed by atoms with Crippen LogP contribution in [0.5, 0.6) is 0 Å². The number of esters is 1. The second-order valence-corrected chi connectivity index (χ2v) is 9.53. The molecule has 1 aliphatic rings. The maximum Gasteiger partial charge on any atom is 0.413 e. The van der Waals surface area contributed by atoms with Crippen LogP contribution >= 0.6 is 11.3 Å². The second kappa shape index (κ2) is 11.3. The number of carboxylic acids is 1. The monoisotopic (exact) mass is 505 g/mol. The van der Waals surface area contributed by atoms with E-state index in [1.54, 1.807) is 20.8 Å². The van der Waals surface area contributed by atoms with Crippen LogP contribution in [0.15, 0.2) is 40.9 Å². The minimum absolute atomic E-state index is 0.0346. The lowest BCUT2D eigenvalue weighted by Gasteiger charge is -2.32. The zero-order chi connectivity index (χ0) is 25.5. The van der Waals surface area contributed by atoms with Gasteiger partial charge < -0.3 is 24.2 Å². The van der Waals surface area contributed by atoms with E-state index < -0.39 is 34.9 Å². The number of aromatic nitrogens is 1. The number of nitrogens with zero attached hydrogens (tertiary/aromatic N) is 2. The number of carboxylic acid groups (broad SMARTS) is 1. The Morgan fingerprint density at radius 3 is 2.51 bits per heavy atom. The number of rotatable bonds is 8. The Morgan fingerprint density at radius 2 is 1.89 bits per heavy atom. The summed E-state index contributed by atoms with van der Waals surface area (Å²) in [5, 5.41) is 17.4. The number of nitrogens with one attached hydrogen (secondary N) is 1. The van der Waals surface area contributed by atoms with E-state index in [-0.39, 0.29) is 43.5 Å². The van der Waals surface area contributed by atoms with E-state index in [1.807, 2.05) is 30.3 Å². The normalized spacial score (nSPS) is 15.7. The Labute approximate surface area is 206 Å². The van der Waals surface area contributed by atoms with Crippen molar-refractivity contribution >= 4 is 40.2 Å². The molecule has 11 nitrogen and oxygen atoms in total. The van der Waals surface area contributed by atoms with E-state index in [2.05, 4.69) is 15.5 Å². The number of anilines is 1. The van der Waals surface area contributed by atoms with Gasteiger partial charge >= 0.3 is 18.0 Å². The van der Waals surface area contributed by atoms with Crippen LogP contribution in [0.4, 0.5) is 9.93 Å². The van der Waals surface area contributed by atoms with E-state index >= 15 is 0 Å². The summed E-state index contributed by atoms with van der Waals surface area (Å²) in [6.45, 7) is 5.61. The van der Waals surface area contributed by atoms with Gasteiger partial charge in [0.2, 0.25) is 11.3 Å². The number of carbonyl (C=O) groups is 3. The Balaban J connectivity index is 1.74. The summed E-state index contributed by atoms with van der Waals surface area (Å²) in [6.07, 6.45) is -0.454. The maximum absolute atomic E-state index is 13.0. The number of thiazole rings is 1. The largest absolute Gasteiger partial charge is 0.476 e. The molecule has 1 saturated heterocycles. The lowest BCUT2D eigenvalue weighted by Crippen LogP contribution is -2.46. The molecule has 1 aliphatic heterocycles. The van der Waals surface area contributed by atoms with Crippen LogP contribution in [-0.2, 0) is 35.2 Å². The summed E-state index contributed by atoms with van der Waals surface area (Å²) in [7, 11) is 0. The van der Waals surface area contributed by atoms with E-state index in [0.29, 0.717) is 0 Å². The van der Waals surface area contributed by atoms with Crippen LogP contribution in [0.3, 0.4) is 0 Å². The van der Waals surface area contributed by atoms with Crippen molar-refractivity contribution in [1.82, 2.24) is 4.98 Å². The van der Waals surface area contributed by atoms with Crippen molar-refractivity contribution in [2.45, 2.75) is 51.4 Å². The van der Waals surface area contributed by atoms with Crippen LogP contribution in [0.25, 0.3) is 0 Å². The Bertz CT molecular complexity index is 1070. The van der Waals surface area contributed by atoms with Crippen LogP contribution < -0.4 is 5.32 Å². The summed E-state index contributed by atoms with van der Waals surface area (Å²) < 4.78 is 15.9. The molecule has 12 heteroatoms. The Hall–Kier alpha value is -3.51. The highest BCUT2D eigenvalue weighted by atomic mass is 32.1. The molecule has 0 saturated carbocycles. The average molecular weight is 506 g/mol. The number of aliphatic carboxylic acids is 1. The van der Waals surface area contributed by atoms with Crippen LogP contribution in [0.2, 0.25) is 0 Å². The predicted molar refractivity (Wildman–Crippen MR) is 126 cm³/mol. The lowest BCUT2D eigenvalue weighted by molar-refractivity contribution is -0.186. The third-order valence-electron chi connectivity index (χ3n) is 4.75. The van der Waals surface area contributed by atoms with Gasteiger partial charge in [0.1, 0.15) is 17.9 Å². The van der Waals surface area contributed by atoms with Gasteiger partial charge in [-0.05, 0) is 26.3 Å². The molecule has 1 amide bonds. The molecule has 1 aromatic carbocycles. The zero-order valence-electron chi connectivity index (χ0n) is 19.6. The van der Waals surface area contributed by atoms with Gasteiger partial charge in [0.15, 0.2) is 5.13 Å². The maximum atomic E-state index is 13.0. The molecule has 2 N–H and O–H groups in total. The number of ether oxygens (including phenoxy) is 3. The van der Waals surface area contributed by atoms with E-state index in [0.717, 1.165) is 16.9 Å². The van der Waals surface area contributed by atoms with Crippen molar-refractivity contribution in [2.75, 3.05) is 18.5 Å². The highest BCUT2D eigenvalue weighted by Gasteiger charge is 2.45. The first kappa shape index (κ1) is 26.1. The molecule has 2 heterocycles. The summed E-state index contributed by atoms with van der Waals surface area (Å²) in [5.41, 5.74) is -1.99. The van der Waals surface area contributed by atoms with Gasteiger partial charge in [-0.1, -0.05) is 35.5 Å². The molecule has 0 spiro atoms. The molecule has 2 aromatic rings. The first-order valence-corrected chi connectivity index (χ1v) is 11.7. The number of hydrogen-bond acceptors (Lipinski definition) is 10. The standard InChI is InChI=1S/C23H27N3O8S/c1-22(2,3)33-21(30)25-20-24-16(14-35-20)17(18(27)28)26-34-23(9-11-31-12-10-23)19(29)32-13-15-7-5-4-6-8-15/h4-8,14H,9-13H2,1-3H3,(H,27,28)(H,24,25,30)/b26-17-. The molecule has 0 atom stereocenters. The average Bonchev–Trinajstić information content (AvgIpc) is 3.25. The topological polar surface area (TPSA) is 146 Å². The summed E-state index contributed by atoms with van der Waals surface area (Å²) in [4.78, 5) is 46.4. The fourth-order valence-electron chi connectivity index (χ4n) is 3.05. The number of oxime groups is 1. The van der Waals surface area contributed by atoms with E-state index in [4.69, 9.17) is 19.0 Å². The van der Waals surface area contributed by atoms with Gasteiger partial charge in [0, 0.05) is 18.2 Å². The Morgan fingerprint density at radius 1 is 1.20 bits per heavy atom. The highest BCUT2D eigenvalue weighted by molar-refractivity contribution is 7.14. The highest BCUT2D eigenvalue weighted by Crippen LogP contribution is 2.28. The zero-order valence-corrected chi connectivity index (χ0v) is 20.4. The van der Waals surface area contributed by atoms with Crippen molar-refractivity contribution in [1.29, 1.82) is 0 Å². The number of amides is 1. The Kier molecular flexibility index (Phi) is 8.41. The molecule has 0 radical (unpaired) electrons. The van der Waals surface area contributed by atoms with Gasteiger partial charge in [-0.2, -0.15) is 0 Å². The molecule has 188 valence electrons. The molecule has 0 aliphatic carbocycles. The molecule has 3 rings (SSSR count). The summed E-state index contributed by atoms with van der Waals surface area (Å²) in [5.74, 6) is -2.08. The fourth-order valence-corrected chi connectivity index (χ4v) is 3.73. The fraction of sp³-hybridized carbons (Fsp3) is 0.435. The van der Waals surface area contributed by atoms with Crippen molar-refractivity contribution < 1.29 is 38.5 Å². The van der Waals surface area contributed by atoms with Gasteiger partial charge in [-0.3, -0.25) is 5.32 Å². The molecular formula is C23H27N3O8S. The molecule has 0 bridgehead atoms. The summed E-state index contributed by atoms with van der Waals surface area (Å²) in [6, 6.07) is 9.14. The SMILES string of the molecule is CC(C)(C)OC(=O)Nc1nc(/C(=N/OC2(C(=O)OCc3ccccc3)CCOCC2)C(=O)O)cs1. The van der Waals surface area contributed by atoms with Crippen LogP contribution in [-0.4, -0.2) is 58.2 Å². The van der Waals surface area contributed by atoms with Crippen molar-refractivity contribution in [3.05, 3.63) is 47.0 Å². The van der Waals surface area contributed by atoms with E-state index in [9.17, 15) is 19.5 Å². The number of hydrogen-bond donors (Lipinski definition) is 2. The lowest BCUT2D eigenvalue weighted by atomic mass is 9.94. The molecule has 0 unspecified atom stereocenters. The summed E-state index contributed by atoms with van der Waals surface area (Å²) >= 11 is 0.988. The molecule has 35 heavy (non-hydrogen) atoms. The quantitative estimate of drug-likeness (QED) is 0.312. The molecule has 1 fully saturated rings. The minimum Gasteiger partial charge on any atom is -0.476 e. The first-order valence-electron chi connectivity index (χ1n) is 10.8. The molecular weight excluding hydrogens is 478 g/mol. The molecule has 1 aromatic heterocycles. The van der Waals surface area contributed by atoms with Crippen molar-refractivity contribution in [3.8, 4) is 0 Å². The van der Waals surface area contributed by atoms with E-state index in [1.165, 1.54) is 5.38 Å². The third-order valence-corrected chi connectivity index (χ3v) is 5.51. The van der Waals surface area contributed by atoms with Crippen molar-refractivity contribution in [3.63, 3.8) is 0 Å². The van der Waals surface area contributed by atoms with Gasteiger partial charge in [0.25, 0.3) is 0 Å². The second-order valence-electron chi connectivity index (χ2n) is 8.67. The van der Waals surface area contributed by atoms with Gasteiger partial charge in [0.05, 0.1) is 13.2 Å². The van der Waals surface area contributed by atoms with Crippen molar-refractivity contribution in [2.24, 2.45) is 5.16 Å². The van der Waals surface area contributed by atoms with Crippen LogP contribution in [0, 0.1) is 0 Å². The first-order chi connectivity index (χ1) is 16.6. The third kappa shape index (κ3) is 7.49. The van der Waals surface area contributed by atoms with Gasteiger partial charge in [-0.15, -0.1) is 11.3 Å². The minimum atomic E-state index is -1.50. The van der Waals surface area contributed by atoms with Gasteiger partial charge in [-0.25, -0.2) is 19.4 Å². The number of carbonyl (C=O) groups excluding carboxylic acids is 2. The predicted octanol–water partition coefficient (Wildman–Crippen LogP) is 3.59. The number of benzene rings is 1. The van der Waals surface area contributed by atoms with Crippen LogP contribution in [0.1, 0.15) is 44.9 Å².